The summed E-state index contributed by atoms with van der Waals surface area (Å²) in [6.45, 7) is 3.49. The summed E-state index contributed by atoms with van der Waals surface area (Å²) in [4.78, 5) is 29.3. The SMILES string of the molecule is CC(=O)NCc1ccc(C2CCCN2Cc2ccccc2C(=O)O)nc1. The van der Waals surface area contributed by atoms with Crippen LogP contribution in [-0.2, 0) is 17.9 Å². The zero-order valence-corrected chi connectivity index (χ0v) is 14.8. The summed E-state index contributed by atoms with van der Waals surface area (Å²) in [5.74, 6) is -0.954. The summed E-state index contributed by atoms with van der Waals surface area (Å²) >= 11 is 0. The largest absolute Gasteiger partial charge is 0.478 e. The van der Waals surface area contributed by atoms with E-state index in [2.05, 4.69) is 15.2 Å². The average molecular weight is 353 g/mol. The lowest BCUT2D eigenvalue weighted by molar-refractivity contribution is -0.119. The van der Waals surface area contributed by atoms with Gasteiger partial charge in [0.05, 0.1) is 17.3 Å². The number of likely N-dealkylation sites (tertiary alicyclic amines) is 1. The molecule has 0 bridgehead atoms. The van der Waals surface area contributed by atoms with E-state index in [4.69, 9.17) is 0 Å². The van der Waals surface area contributed by atoms with E-state index in [1.165, 1.54) is 6.92 Å². The van der Waals surface area contributed by atoms with Crippen molar-refractivity contribution in [1.29, 1.82) is 0 Å². The van der Waals surface area contributed by atoms with Crippen molar-refractivity contribution in [2.75, 3.05) is 6.54 Å². The number of pyridine rings is 1. The van der Waals surface area contributed by atoms with Crippen LogP contribution in [0.15, 0.2) is 42.6 Å². The molecule has 2 aromatic rings. The summed E-state index contributed by atoms with van der Waals surface area (Å²) in [7, 11) is 0. The molecular formula is C20H23N3O3. The van der Waals surface area contributed by atoms with Gasteiger partial charge in [-0.3, -0.25) is 14.7 Å². The number of carboxylic acid groups (broad SMARTS) is 1. The second kappa shape index (κ2) is 8.10. The van der Waals surface area contributed by atoms with Gasteiger partial charge >= 0.3 is 5.97 Å². The molecule has 0 radical (unpaired) electrons. The van der Waals surface area contributed by atoms with Gasteiger partial charge in [-0.15, -0.1) is 0 Å². The van der Waals surface area contributed by atoms with Gasteiger partial charge in [-0.25, -0.2) is 4.79 Å². The van der Waals surface area contributed by atoms with Crippen molar-refractivity contribution < 1.29 is 14.7 Å². The first-order valence-corrected chi connectivity index (χ1v) is 8.79. The zero-order chi connectivity index (χ0) is 18.5. The number of carbonyl (C=O) groups is 2. The molecule has 2 heterocycles. The summed E-state index contributed by atoms with van der Waals surface area (Å²) in [5, 5.41) is 12.1. The fraction of sp³-hybridized carbons (Fsp3) is 0.350. The van der Waals surface area contributed by atoms with E-state index in [0.717, 1.165) is 36.2 Å². The normalized spacial score (nSPS) is 17.2. The van der Waals surface area contributed by atoms with Gasteiger partial charge in [0.25, 0.3) is 0 Å². The topological polar surface area (TPSA) is 82.5 Å². The van der Waals surface area contributed by atoms with E-state index in [-0.39, 0.29) is 11.9 Å². The quantitative estimate of drug-likeness (QED) is 0.834. The monoisotopic (exact) mass is 353 g/mol. The molecule has 1 aromatic heterocycles. The van der Waals surface area contributed by atoms with Gasteiger partial charge in [0.1, 0.15) is 0 Å². The van der Waals surface area contributed by atoms with E-state index in [0.29, 0.717) is 18.7 Å². The number of carboxylic acids is 1. The van der Waals surface area contributed by atoms with Gasteiger partial charge in [-0.05, 0) is 42.6 Å². The summed E-state index contributed by atoms with van der Waals surface area (Å²) < 4.78 is 0. The van der Waals surface area contributed by atoms with E-state index in [1.807, 2.05) is 24.3 Å². The number of rotatable bonds is 6. The van der Waals surface area contributed by atoms with Crippen molar-refractivity contribution in [3.05, 3.63) is 65.0 Å². The molecular weight excluding hydrogens is 330 g/mol. The lowest BCUT2D eigenvalue weighted by atomic mass is 10.1. The molecule has 1 amide bonds. The third-order valence-electron chi connectivity index (χ3n) is 4.72. The first-order chi connectivity index (χ1) is 12.5. The van der Waals surface area contributed by atoms with Crippen LogP contribution in [-0.4, -0.2) is 33.4 Å². The zero-order valence-electron chi connectivity index (χ0n) is 14.8. The van der Waals surface area contributed by atoms with Crippen LogP contribution in [0.25, 0.3) is 0 Å². The molecule has 1 saturated heterocycles. The standard InChI is InChI=1S/C20H23N3O3/c1-14(24)21-11-15-8-9-18(22-12-15)19-7-4-10-23(19)13-16-5-2-3-6-17(16)20(25)26/h2-3,5-6,8-9,12,19H,4,7,10-11,13H2,1H3,(H,21,24)(H,25,26). The molecule has 136 valence electrons. The van der Waals surface area contributed by atoms with E-state index >= 15 is 0 Å². The molecule has 1 aliphatic rings. The van der Waals surface area contributed by atoms with Crippen molar-refractivity contribution in [3.8, 4) is 0 Å². The molecule has 3 rings (SSSR count). The van der Waals surface area contributed by atoms with Crippen LogP contribution >= 0.6 is 0 Å². The second-order valence-corrected chi connectivity index (χ2v) is 6.59. The molecule has 1 atom stereocenters. The molecule has 1 aromatic carbocycles. The fourth-order valence-corrected chi connectivity index (χ4v) is 3.40. The Morgan fingerprint density at radius 2 is 2.08 bits per heavy atom. The number of benzene rings is 1. The summed E-state index contributed by atoms with van der Waals surface area (Å²) in [5.41, 5.74) is 3.14. The Balaban J connectivity index is 1.72. The lowest BCUT2D eigenvalue weighted by Gasteiger charge is -2.25. The van der Waals surface area contributed by atoms with E-state index in [9.17, 15) is 14.7 Å². The van der Waals surface area contributed by atoms with Crippen molar-refractivity contribution in [1.82, 2.24) is 15.2 Å². The maximum atomic E-state index is 11.4. The highest BCUT2D eigenvalue weighted by molar-refractivity contribution is 5.89. The summed E-state index contributed by atoms with van der Waals surface area (Å²) in [6, 6.07) is 11.3. The van der Waals surface area contributed by atoms with Gasteiger partial charge in [0.15, 0.2) is 0 Å². The van der Waals surface area contributed by atoms with Crippen LogP contribution in [0, 0.1) is 0 Å². The van der Waals surface area contributed by atoms with E-state index < -0.39 is 5.97 Å². The number of hydrogen-bond acceptors (Lipinski definition) is 4. The number of aromatic carboxylic acids is 1. The maximum Gasteiger partial charge on any atom is 0.336 e. The highest BCUT2D eigenvalue weighted by atomic mass is 16.4. The van der Waals surface area contributed by atoms with Crippen LogP contribution in [0.4, 0.5) is 0 Å². The smallest absolute Gasteiger partial charge is 0.336 e. The molecule has 6 heteroatoms. The molecule has 2 N–H and O–H groups in total. The van der Waals surface area contributed by atoms with Crippen molar-refractivity contribution in [2.24, 2.45) is 0 Å². The van der Waals surface area contributed by atoms with Crippen molar-refractivity contribution >= 4 is 11.9 Å². The number of aromatic nitrogens is 1. The Morgan fingerprint density at radius 3 is 2.77 bits per heavy atom. The minimum absolute atomic E-state index is 0.0619. The Kier molecular flexibility index (Phi) is 5.63. The Hall–Kier alpha value is -2.73. The number of carbonyl (C=O) groups excluding carboxylic acids is 1. The van der Waals surface area contributed by atoms with Gasteiger partial charge in [0, 0.05) is 26.2 Å². The number of amides is 1. The molecule has 0 spiro atoms. The fourth-order valence-electron chi connectivity index (χ4n) is 3.40. The third kappa shape index (κ3) is 4.26. The van der Waals surface area contributed by atoms with Gasteiger partial charge < -0.3 is 10.4 Å². The summed E-state index contributed by atoms with van der Waals surface area (Å²) in [6.07, 6.45) is 3.87. The Bertz CT molecular complexity index is 789. The Labute approximate surface area is 152 Å². The minimum atomic E-state index is -0.892. The minimum Gasteiger partial charge on any atom is -0.478 e. The second-order valence-electron chi connectivity index (χ2n) is 6.59. The van der Waals surface area contributed by atoms with Crippen LogP contribution in [0.1, 0.15) is 53.0 Å². The third-order valence-corrected chi connectivity index (χ3v) is 4.72. The first-order valence-electron chi connectivity index (χ1n) is 8.79. The number of nitrogens with one attached hydrogen (secondary N) is 1. The predicted molar refractivity (Wildman–Crippen MR) is 97.5 cm³/mol. The van der Waals surface area contributed by atoms with Crippen molar-refractivity contribution in [3.63, 3.8) is 0 Å². The van der Waals surface area contributed by atoms with Gasteiger partial charge in [-0.1, -0.05) is 24.3 Å². The van der Waals surface area contributed by atoms with Crippen molar-refractivity contribution in [2.45, 2.75) is 38.9 Å². The maximum absolute atomic E-state index is 11.4. The van der Waals surface area contributed by atoms with Gasteiger partial charge in [0.2, 0.25) is 5.91 Å². The average Bonchev–Trinajstić information content (AvgIpc) is 3.09. The first kappa shape index (κ1) is 18.1. The van der Waals surface area contributed by atoms with Crippen LogP contribution in [0.2, 0.25) is 0 Å². The molecule has 1 aliphatic heterocycles. The number of hydrogen-bond donors (Lipinski definition) is 2. The lowest BCUT2D eigenvalue weighted by Crippen LogP contribution is -2.24. The van der Waals surface area contributed by atoms with Crippen LogP contribution < -0.4 is 5.32 Å². The molecule has 6 nitrogen and oxygen atoms in total. The molecule has 0 aliphatic carbocycles. The van der Waals surface area contributed by atoms with Crippen LogP contribution in [0.3, 0.4) is 0 Å². The number of nitrogens with zero attached hydrogens (tertiary/aromatic N) is 2. The van der Waals surface area contributed by atoms with Crippen LogP contribution in [0.5, 0.6) is 0 Å². The molecule has 26 heavy (non-hydrogen) atoms. The molecule has 1 fully saturated rings. The predicted octanol–water partition coefficient (Wildman–Crippen LogP) is 2.75. The molecule has 0 saturated carbocycles. The highest BCUT2D eigenvalue weighted by Gasteiger charge is 2.28. The molecule has 1 unspecified atom stereocenters. The highest BCUT2D eigenvalue weighted by Crippen LogP contribution is 2.32. The van der Waals surface area contributed by atoms with E-state index in [1.54, 1.807) is 18.3 Å². The Morgan fingerprint density at radius 1 is 1.27 bits per heavy atom. The van der Waals surface area contributed by atoms with Gasteiger partial charge in [-0.2, -0.15) is 0 Å².